The first-order valence-corrected chi connectivity index (χ1v) is 8.45. The molecule has 0 aliphatic rings. The maximum Gasteiger partial charge on any atom is 0.115 e. The molecule has 0 aromatic carbocycles. The predicted octanol–water partition coefficient (Wildman–Crippen LogP) is 3.48. The molecule has 0 radical (unpaired) electrons. The number of rotatable bonds is 7. The smallest absolute Gasteiger partial charge is 0.115 e. The lowest BCUT2D eigenvalue weighted by molar-refractivity contribution is 0.274. The lowest BCUT2D eigenvalue weighted by Crippen LogP contribution is -2.26. The molecule has 0 saturated carbocycles. The number of thiophene rings is 1. The molecular formula is C14H21N3S2. The summed E-state index contributed by atoms with van der Waals surface area (Å²) in [6.07, 6.45) is 2.43. The monoisotopic (exact) mass is 295 g/mol. The highest BCUT2D eigenvalue weighted by molar-refractivity contribution is 7.10. The number of unbranched alkanes of at least 4 members (excludes halogenated alkanes) is 1. The van der Waals surface area contributed by atoms with Crippen molar-refractivity contribution in [3.63, 3.8) is 0 Å². The summed E-state index contributed by atoms with van der Waals surface area (Å²) in [5.74, 6) is 0. The molecule has 0 bridgehead atoms. The van der Waals surface area contributed by atoms with E-state index >= 15 is 0 Å². The highest BCUT2D eigenvalue weighted by Crippen LogP contribution is 2.31. The summed E-state index contributed by atoms with van der Waals surface area (Å²) in [6.45, 7) is 3.84. The molecule has 3 nitrogen and oxygen atoms in total. The van der Waals surface area contributed by atoms with Crippen LogP contribution in [0.1, 0.15) is 42.1 Å². The fourth-order valence-corrected chi connectivity index (χ4v) is 3.79. The summed E-state index contributed by atoms with van der Waals surface area (Å²) in [4.78, 5) is 7.06. The van der Waals surface area contributed by atoms with Crippen LogP contribution in [0.2, 0.25) is 0 Å². The number of nitrogens with two attached hydrogens (primary N) is 1. The molecule has 2 N–H and O–H groups in total. The van der Waals surface area contributed by atoms with Crippen LogP contribution in [0.15, 0.2) is 22.2 Å². The van der Waals surface area contributed by atoms with Gasteiger partial charge in [0.05, 0.1) is 11.7 Å². The molecule has 0 spiro atoms. The van der Waals surface area contributed by atoms with Crippen LogP contribution >= 0.6 is 22.7 Å². The SMILES string of the molecule is CCCCN(C)C(c1ccsc1)c1nc(CN)cs1. The minimum atomic E-state index is 0.267. The fraction of sp³-hybridized carbons (Fsp3) is 0.500. The van der Waals surface area contributed by atoms with Gasteiger partial charge in [-0.05, 0) is 42.4 Å². The molecule has 2 heterocycles. The third-order valence-electron chi connectivity index (χ3n) is 3.18. The van der Waals surface area contributed by atoms with Crippen LogP contribution in [0.3, 0.4) is 0 Å². The Bertz CT molecular complexity index is 479. The minimum Gasteiger partial charge on any atom is -0.325 e. The number of nitrogens with zero attached hydrogens (tertiary/aromatic N) is 2. The second-order valence-corrected chi connectivity index (χ2v) is 6.34. The van der Waals surface area contributed by atoms with Gasteiger partial charge in [0.2, 0.25) is 0 Å². The minimum absolute atomic E-state index is 0.267. The van der Waals surface area contributed by atoms with Gasteiger partial charge < -0.3 is 5.73 Å². The Kier molecular flexibility index (Phi) is 5.51. The maximum absolute atomic E-state index is 5.67. The van der Waals surface area contributed by atoms with Gasteiger partial charge in [-0.15, -0.1) is 11.3 Å². The molecule has 1 atom stereocenters. The van der Waals surface area contributed by atoms with Crippen LogP contribution in [0, 0.1) is 0 Å². The third-order valence-corrected chi connectivity index (χ3v) is 4.82. The van der Waals surface area contributed by atoms with Gasteiger partial charge >= 0.3 is 0 Å². The Morgan fingerprint density at radius 3 is 2.84 bits per heavy atom. The lowest BCUT2D eigenvalue weighted by atomic mass is 10.1. The van der Waals surface area contributed by atoms with Crippen molar-refractivity contribution in [3.8, 4) is 0 Å². The van der Waals surface area contributed by atoms with Crippen LogP contribution in [0.25, 0.3) is 0 Å². The van der Waals surface area contributed by atoms with Crippen molar-refractivity contribution in [2.24, 2.45) is 5.73 Å². The van der Waals surface area contributed by atoms with Gasteiger partial charge in [0, 0.05) is 11.9 Å². The Balaban J connectivity index is 2.23. The van der Waals surface area contributed by atoms with Crippen LogP contribution in [0.5, 0.6) is 0 Å². The molecule has 2 rings (SSSR count). The molecule has 2 aromatic heterocycles. The molecule has 2 aromatic rings. The van der Waals surface area contributed by atoms with Crippen molar-refractivity contribution in [3.05, 3.63) is 38.5 Å². The normalized spacial score (nSPS) is 13.1. The van der Waals surface area contributed by atoms with Gasteiger partial charge in [0.1, 0.15) is 5.01 Å². The molecule has 5 heteroatoms. The fourth-order valence-electron chi connectivity index (χ4n) is 2.09. The Morgan fingerprint density at radius 2 is 2.26 bits per heavy atom. The highest BCUT2D eigenvalue weighted by Gasteiger charge is 2.22. The molecule has 0 aliphatic carbocycles. The summed E-state index contributed by atoms with van der Waals surface area (Å²) in [6, 6.07) is 2.46. The average Bonchev–Trinajstić information content (AvgIpc) is 3.08. The van der Waals surface area contributed by atoms with E-state index < -0.39 is 0 Å². The van der Waals surface area contributed by atoms with E-state index in [-0.39, 0.29) is 6.04 Å². The molecule has 104 valence electrons. The van der Waals surface area contributed by atoms with Crippen molar-refractivity contribution < 1.29 is 0 Å². The first-order chi connectivity index (χ1) is 9.26. The zero-order chi connectivity index (χ0) is 13.7. The van der Waals surface area contributed by atoms with Gasteiger partial charge in [-0.3, -0.25) is 4.90 Å². The standard InChI is InChI=1S/C14H21N3S2/c1-3-4-6-17(2)13(11-5-7-18-9-11)14-16-12(8-15)10-19-14/h5,7,9-10,13H,3-4,6,8,15H2,1-2H3. The van der Waals surface area contributed by atoms with E-state index in [1.54, 1.807) is 22.7 Å². The lowest BCUT2D eigenvalue weighted by Gasteiger charge is -2.25. The number of aromatic nitrogens is 1. The quantitative estimate of drug-likeness (QED) is 0.850. The second kappa shape index (κ2) is 7.14. The number of hydrogen-bond acceptors (Lipinski definition) is 5. The van der Waals surface area contributed by atoms with Crippen molar-refractivity contribution in [2.75, 3.05) is 13.6 Å². The first kappa shape index (κ1) is 14.7. The van der Waals surface area contributed by atoms with E-state index in [9.17, 15) is 0 Å². The molecular weight excluding hydrogens is 274 g/mol. The van der Waals surface area contributed by atoms with Crippen molar-refractivity contribution in [1.29, 1.82) is 0 Å². The zero-order valence-electron chi connectivity index (χ0n) is 11.5. The molecule has 0 saturated heterocycles. The maximum atomic E-state index is 5.67. The largest absolute Gasteiger partial charge is 0.325 e. The molecule has 0 amide bonds. The molecule has 19 heavy (non-hydrogen) atoms. The van der Waals surface area contributed by atoms with Crippen molar-refractivity contribution in [1.82, 2.24) is 9.88 Å². The Labute approximate surface area is 123 Å². The van der Waals surface area contributed by atoms with Gasteiger partial charge in [-0.2, -0.15) is 11.3 Å². The summed E-state index contributed by atoms with van der Waals surface area (Å²) in [5, 5.41) is 7.57. The van der Waals surface area contributed by atoms with E-state index in [0.29, 0.717) is 6.54 Å². The van der Waals surface area contributed by atoms with Gasteiger partial charge in [-0.1, -0.05) is 13.3 Å². The average molecular weight is 295 g/mol. The molecule has 1 unspecified atom stereocenters. The van der Waals surface area contributed by atoms with Gasteiger partial charge in [-0.25, -0.2) is 4.98 Å². The Morgan fingerprint density at radius 1 is 1.42 bits per heavy atom. The Hall–Kier alpha value is -0.750. The summed E-state index contributed by atoms with van der Waals surface area (Å²) < 4.78 is 0. The predicted molar refractivity (Wildman–Crippen MR) is 83.7 cm³/mol. The van der Waals surface area contributed by atoms with Crippen LogP contribution < -0.4 is 5.73 Å². The van der Waals surface area contributed by atoms with E-state index in [1.165, 1.54) is 18.4 Å². The van der Waals surface area contributed by atoms with E-state index in [1.807, 2.05) is 0 Å². The summed E-state index contributed by atoms with van der Waals surface area (Å²) in [5.41, 5.74) is 8.00. The summed E-state index contributed by atoms with van der Waals surface area (Å²) >= 11 is 3.46. The first-order valence-electron chi connectivity index (χ1n) is 6.63. The van der Waals surface area contributed by atoms with Crippen molar-refractivity contribution in [2.45, 2.75) is 32.4 Å². The van der Waals surface area contributed by atoms with Crippen LogP contribution in [-0.4, -0.2) is 23.5 Å². The van der Waals surface area contributed by atoms with Gasteiger partial charge in [0.25, 0.3) is 0 Å². The topological polar surface area (TPSA) is 42.2 Å². The van der Waals surface area contributed by atoms with E-state index in [0.717, 1.165) is 17.2 Å². The molecule has 0 aliphatic heterocycles. The number of thiazole rings is 1. The van der Waals surface area contributed by atoms with Gasteiger partial charge in [0.15, 0.2) is 0 Å². The summed E-state index contributed by atoms with van der Waals surface area (Å²) in [7, 11) is 2.18. The highest BCUT2D eigenvalue weighted by atomic mass is 32.1. The van der Waals surface area contributed by atoms with E-state index in [2.05, 4.69) is 46.1 Å². The molecule has 0 fully saturated rings. The van der Waals surface area contributed by atoms with Crippen molar-refractivity contribution >= 4 is 22.7 Å². The number of hydrogen-bond donors (Lipinski definition) is 1. The zero-order valence-corrected chi connectivity index (χ0v) is 13.1. The van der Waals surface area contributed by atoms with Crippen LogP contribution in [0.4, 0.5) is 0 Å². The van der Waals surface area contributed by atoms with Crippen LogP contribution in [-0.2, 0) is 6.54 Å². The second-order valence-electron chi connectivity index (χ2n) is 4.67. The van der Waals surface area contributed by atoms with E-state index in [4.69, 9.17) is 5.73 Å². The third kappa shape index (κ3) is 3.63.